The minimum absolute atomic E-state index is 0.329. The maximum atomic E-state index is 12.4. The minimum atomic E-state index is -0.329. The first kappa shape index (κ1) is 19.9. The van der Waals surface area contributed by atoms with Gasteiger partial charge < -0.3 is 15.4 Å². The summed E-state index contributed by atoms with van der Waals surface area (Å²) >= 11 is 3.42. The molecule has 1 aromatic heterocycles. The van der Waals surface area contributed by atoms with Crippen molar-refractivity contribution >= 4 is 44.2 Å². The molecule has 0 atom stereocenters. The maximum absolute atomic E-state index is 12.4. The predicted molar refractivity (Wildman–Crippen MR) is 125 cm³/mol. The van der Waals surface area contributed by atoms with Crippen molar-refractivity contribution in [1.82, 2.24) is 4.98 Å². The monoisotopic (exact) mass is 461 g/mol. The van der Waals surface area contributed by atoms with Gasteiger partial charge in [0, 0.05) is 27.2 Å². The normalized spacial score (nSPS) is 10.6. The number of urea groups is 1. The SMILES string of the molecule is COc1cc(-c2ccc(C)cc2)nc2ccc(NC(=O)Nc3ccccc3Br)cc12. The molecular formula is C24H20BrN3O2. The van der Waals surface area contributed by atoms with Crippen molar-refractivity contribution in [1.29, 1.82) is 0 Å². The van der Waals surface area contributed by atoms with Crippen molar-refractivity contribution in [3.05, 3.63) is 82.8 Å². The fraction of sp³-hybridized carbons (Fsp3) is 0.0833. The number of para-hydroxylation sites is 1. The molecule has 0 radical (unpaired) electrons. The smallest absolute Gasteiger partial charge is 0.323 e. The molecule has 0 aliphatic carbocycles. The van der Waals surface area contributed by atoms with Gasteiger partial charge in [-0.05, 0) is 53.2 Å². The van der Waals surface area contributed by atoms with Crippen LogP contribution in [0.25, 0.3) is 22.2 Å². The molecule has 6 heteroatoms. The van der Waals surface area contributed by atoms with Crippen LogP contribution in [0, 0.1) is 6.92 Å². The molecule has 0 unspecified atom stereocenters. The molecule has 30 heavy (non-hydrogen) atoms. The Labute approximate surface area is 183 Å². The van der Waals surface area contributed by atoms with Gasteiger partial charge in [0.15, 0.2) is 0 Å². The molecule has 0 saturated carbocycles. The number of carbonyl (C=O) groups is 1. The first-order valence-electron chi connectivity index (χ1n) is 9.42. The molecule has 150 valence electrons. The fourth-order valence-corrected chi connectivity index (χ4v) is 3.54. The first-order valence-corrected chi connectivity index (χ1v) is 10.2. The quantitative estimate of drug-likeness (QED) is 0.358. The molecule has 2 N–H and O–H groups in total. The Morgan fingerprint density at radius 1 is 0.967 bits per heavy atom. The number of ether oxygens (including phenoxy) is 1. The van der Waals surface area contributed by atoms with Gasteiger partial charge >= 0.3 is 6.03 Å². The molecule has 0 fully saturated rings. The lowest BCUT2D eigenvalue weighted by atomic mass is 10.1. The Hall–Kier alpha value is -3.38. The topological polar surface area (TPSA) is 63.2 Å². The van der Waals surface area contributed by atoms with Gasteiger partial charge in [0.2, 0.25) is 0 Å². The summed E-state index contributed by atoms with van der Waals surface area (Å²) < 4.78 is 6.42. The lowest BCUT2D eigenvalue weighted by molar-refractivity contribution is 0.262. The molecular weight excluding hydrogens is 442 g/mol. The summed E-state index contributed by atoms with van der Waals surface area (Å²) in [6, 6.07) is 22.8. The zero-order valence-corrected chi connectivity index (χ0v) is 18.2. The highest BCUT2D eigenvalue weighted by molar-refractivity contribution is 9.10. The third-order valence-electron chi connectivity index (χ3n) is 4.72. The summed E-state index contributed by atoms with van der Waals surface area (Å²) in [5, 5.41) is 6.51. The Kier molecular flexibility index (Phi) is 5.68. The van der Waals surface area contributed by atoms with Crippen LogP contribution in [-0.2, 0) is 0 Å². The number of aryl methyl sites for hydroxylation is 1. The van der Waals surface area contributed by atoms with Gasteiger partial charge in [-0.1, -0.05) is 42.0 Å². The summed E-state index contributed by atoms with van der Waals surface area (Å²) in [5.41, 5.74) is 5.19. The number of aromatic nitrogens is 1. The number of amides is 2. The Bertz CT molecular complexity index is 1220. The predicted octanol–water partition coefficient (Wildman–Crippen LogP) is 6.63. The summed E-state index contributed by atoms with van der Waals surface area (Å²) in [6.07, 6.45) is 0. The summed E-state index contributed by atoms with van der Waals surface area (Å²) in [4.78, 5) is 17.2. The second-order valence-corrected chi connectivity index (χ2v) is 7.72. The Balaban J connectivity index is 1.62. The lowest BCUT2D eigenvalue weighted by Gasteiger charge is -2.12. The van der Waals surface area contributed by atoms with Crippen LogP contribution in [0.3, 0.4) is 0 Å². The average molecular weight is 462 g/mol. The molecule has 0 bridgehead atoms. The summed E-state index contributed by atoms with van der Waals surface area (Å²) in [6.45, 7) is 2.05. The zero-order chi connectivity index (χ0) is 21.1. The number of hydrogen-bond donors (Lipinski definition) is 2. The minimum Gasteiger partial charge on any atom is -0.496 e. The second-order valence-electron chi connectivity index (χ2n) is 6.87. The van der Waals surface area contributed by atoms with Crippen molar-refractivity contribution < 1.29 is 9.53 Å². The van der Waals surface area contributed by atoms with Gasteiger partial charge in [-0.2, -0.15) is 0 Å². The van der Waals surface area contributed by atoms with E-state index >= 15 is 0 Å². The number of anilines is 2. The Morgan fingerprint density at radius 2 is 1.73 bits per heavy atom. The molecule has 0 aliphatic heterocycles. The van der Waals surface area contributed by atoms with Crippen LogP contribution in [0.5, 0.6) is 5.75 Å². The Morgan fingerprint density at radius 3 is 2.47 bits per heavy atom. The molecule has 1 heterocycles. The van der Waals surface area contributed by atoms with Gasteiger partial charge in [-0.3, -0.25) is 0 Å². The fourth-order valence-electron chi connectivity index (χ4n) is 3.16. The molecule has 0 saturated heterocycles. The van der Waals surface area contributed by atoms with Crippen molar-refractivity contribution in [3.63, 3.8) is 0 Å². The molecule has 2 amide bonds. The van der Waals surface area contributed by atoms with Crippen molar-refractivity contribution in [2.75, 3.05) is 17.7 Å². The number of hydrogen-bond acceptors (Lipinski definition) is 3. The van der Waals surface area contributed by atoms with Gasteiger partial charge in [0.1, 0.15) is 5.75 Å². The van der Waals surface area contributed by atoms with Crippen molar-refractivity contribution in [2.45, 2.75) is 6.92 Å². The molecule has 3 aromatic carbocycles. The van der Waals surface area contributed by atoms with E-state index in [0.29, 0.717) is 17.1 Å². The van der Waals surface area contributed by atoms with Crippen LogP contribution in [0.2, 0.25) is 0 Å². The van der Waals surface area contributed by atoms with E-state index in [1.165, 1.54) is 5.56 Å². The standard InChI is InChI=1S/C24H20BrN3O2/c1-15-7-9-16(10-8-15)22-14-23(30-2)18-13-17(11-12-20(18)27-22)26-24(29)28-21-6-4-3-5-19(21)25/h3-14H,1-2H3,(H2,26,28,29). The van der Waals surface area contributed by atoms with Crippen LogP contribution in [0.4, 0.5) is 16.2 Å². The second kappa shape index (κ2) is 8.55. The highest BCUT2D eigenvalue weighted by Crippen LogP contribution is 2.32. The third-order valence-corrected chi connectivity index (χ3v) is 5.41. The molecule has 4 aromatic rings. The summed E-state index contributed by atoms with van der Waals surface area (Å²) in [7, 11) is 1.63. The van der Waals surface area contributed by atoms with Crippen LogP contribution in [-0.4, -0.2) is 18.1 Å². The highest BCUT2D eigenvalue weighted by Gasteiger charge is 2.11. The number of halogens is 1. The number of pyridine rings is 1. The van der Waals surface area contributed by atoms with Crippen LogP contribution in [0.15, 0.2) is 77.3 Å². The van der Waals surface area contributed by atoms with E-state index in [9.17, 15) is 4.79 Å². The van der Waals surface area contributed by atoms with Gasteiger partial charge in [-0.25, -0.2) is 9.78 Å². The van der Waals surface area contributed by atoms with E-state index in [-0.39, 0.29) is 6.03 Å². The number of nitrogens with one attached hydrogen (secondary N) is 2. The average Bonchev–Trinajstić information content (AvgIpc) is 2.75. The van der Waals surface area contributed by atoms with Gasteiger partial charge in [-0.15, -0.1) is 0 Å². The number of rotatable bonds is 4. The highest BCUT2D eigenvalue weighted by atomic mass is 79.9. The number of methoxy groups -OCH3 is 1. The van der Waals surface area contributed by atoms with Crippen LogP contribution >= 0.6 is 15.9 Å². The van der Waals surface area contributed by atoms with E-state index in [4.69, 9.17) is 9.72 Å². The van der Waals surface area contributed by atoms with Crippen LogP contribution in [0.1, 0.15) is 5.56 Å². The number of fused-ring (bicyclic) bond motifs is 1. The van der Waals surface area contributed by atoms with Crippen molar-refractivity contribution in [3.8, 4) is 17.0 Å². The summed E-state index contributed by atoms with van der Waals surface area (Å²) in [5.74, 6) is 0.699. The van der Waals surface area contributed by atoms with Gasteiger partial charge in [0.05, 0.1) is 24.0 Å². The van der Waals surface area contributed by atoms with Crippen LogP contribution < -0.4 is 15.4 Å². The van der Waals surface area contributed by atoms with E-state index in [1.807, 2.05) is 60.7 Å². The van der Waals surface area contributed by atoms with E-state index in [0.717, 1.165) is 26.6 Å². The lowest BCUT2D eigenvalue weighted by Crippen LogP contribution is -2.19. The third kappa shape index (κ3) is 4.28. The van der Waals surface area contributed by atoms with E-state index < -0.39 is 0 Å². The largest absolute Gasteiger partial charge is 0.496 e. The molecule has 0 spiro atoms. The molecule has 5 nitrogen and oxygen atoms in total. The van der Waals surface area contributed by atoms with E-state index in [1.54, 1.807) is 7.11 Å². The molecule has 0 aliphatic rings. The number of benzene rings is 3. The number of carbonyl (C=O) groups excluding carboxylic acids is 1. The first-order chi connectivity index (χ1) is 14.5. The van der Waals surface area contributed by atoms with Crippen molar-refractivity contribution in [2.24, 2.45) is 0 Å². The maximum Gasteiger partial charge on any atom is 0.323 e. The van der Waals surface area contributed by atoms with E-state index in [2.05, 4.69) is 45.6 Å². The molecule has 4 rings (SSSR count). The number of nitrogens with zero attached hydrogens (tertiary/aromatic N) is 1. The zero-order valence-electron chi connectivity index (χ0n) is 16.6. The van der Waals surface area contributed by atoms with Gasteiger partial charge in [0.25, 0.3) is 0 Å².